The second-order valence-corrected chi connectivity index (χ2v) is 3.82. The van der Waals surface area contributed by atoms with Gasteiger partial charge in [-0.05, 0) is 37.6 Å². The summed E-state index contributed by atoms with van der Waals surface area (Å²) >= 11 is 5.73. The Hall–Kier alpha value is -1.22. The molecule has 0 aliphatic heterocycles. The van der Waals surface area contributed by atoms with Gasteiger partial charge in [0.05, 0.1) is 6.61 Å². The summed E-state index contributed by atoms with van der Waals surface area (Å²) < 4.78 is 10.4. The topological polar surface area (TPSA) is 35.5 Å². The number of carbonyl (C=O) groups excluding carboxylic acids is 1. The zero-order valence-electron chi connectivity index (χ0n) is 9.40. The first-order valence-electron chi connectivity index (χ1n) is 5.22. The molecule has 0 bridgehead atoms. The van der Waals surface area contributed by atoms with E-state index in [9.17, 15) is 4.79 Å². The van der Waals surface area contributed by atoms with Crippen molar-refractivity contribution in [2.75, 3.05) is 6.61 Å². The second kappa shape index (κ2) is 6.38. The number of benzene rings is 1. The molecule has 0 fully saturated rings. The van der Waals surface area contributed by atoms with Crippen molar-refractivity contribution in [1.82, 2.24) is 0 Å². The van der Waals surface area contributed by atoms with Crippen LogP contribution < -0.4 is 4.74 Å². The zero-order valence-corrected chi connectivity index (χ0v) is 10.2. The van der Waals surface area contributed by atoms with E-state index in [4.69, 9.17) is 21.1 Å². The zero-order chi connectivity index (χ0) is 12.0. The van der Waals surface area contributed by atoms with Gasteiger partial charge in [-0.25, -0.2) is 4.79 Å². The summed E-state index contributed by atoms with van der Waals surface area (Å²) in [6.45, 7) is 4.03. The molecule has 3 nitrogen and oxygen atoms in total. The van der Waals surface area contributed by atoms with E-state index in [-0.39, 0.29) is 5.97 Å². The fourth-order valence-electron chi connectivity index (χ4n) is 1.09. The first-order chi connectivity index (χ1) is 7.63. The van der Waals surface area contributed by atoms with E-state index in [0.717, 1.165) is 6.42 Å². The summed E-state index contributed by atoms with van der Waals surface area (Å²) in [6.07, 6.45) is 0.201. The quantitative estimate of drug-likeness (QED) is 0.745. The van der Waals surface area contributed by atoms with Gasteiger partial charge in [0.1, 0.15) is 5.75 Å². The number of halogens is 1. The lowest BCUT2D eigenvalue weighted by atomic mass is 10.3. The summed E-state index contributed by atoms with van der Waals surface area (Å²) in [5, 5.41) is 0.633. The molecule has 1 rings (SSSR count). The average Bonchev–Trinajstić information content (AvgIpc) is 2.29. The van der Waals surface area contributed by atoms with Crippen molar-refractivity contribution in [3.8, 4) is 5.75 Å². The third-order valence-corrected chi connectivity index (χ3v) is 2.16. The van der Waals surface area contributed by atoms with Crippen LogP contribution in [0.1, 0.15) is 20.3 Å². The van der Waals surface area contributed by atoms with E-state index in [1.165, 1.54) is 0 Å². The van der Waals surface area contributed by atoms with Gasteiger partial charge in [0.25, 0.3) is 0 Å². The van der Waals surface area contributed by atoms with Gasteiger partial charge in [-0.2, -0.15) is 0 Å². The van der Waals surface area contributed by atoms with Gasteiger partial charge >= 0.3 is 5.97 Å². The molecule has 1 aromatic rings. The number of carbonyl (C=O) groups is 1. The first kappa shape index (κ1) is 12.8. The molecule has 16 heavy (non-hydrogen) atoms. The Labute approximate surface area is 100 Å². The van der Waals surface area contributed by atoms with Crippen LogP contribution in [-0.2, 0) is 9.53 Å². The number of esters is 1. The standard InChI is InChI=1S/C12H15ClO3/c1-3-8-15-12(14)9(2)16-11-6-4-10(13)5-7-11/h4-7,9H,3,8H2,1-2H3/t9-/m1/s1. The predicted octanol–water partition coefficient (Wildman–Crippen LogP) is 3.06. The minimum atomic E-state index is -0.604. The van der Waals surface area contributed by atoms with Gasteiger partial charge in [-0.15, -0.1) is 0 Å². The Morgan fingerprint density at radius 2 is 2.00 bits per heavy atom. The lowest BCUT2D eigenvalue weighted by Crippen LogP contribution is -2.26. The normalized spacial score (nSPS) is 11.9. The fourth-order valence-corrected chi connectivity index (χ4v) is 1.21. The molecular weight excluding hydrogens is 228 g/mol. The van der Waals surface area contributed by atoms with Crippen LogP contribution in [0, 0.1) is 0 Å². The van der Waals surface area contributed by atoms with E-state index < -0.39 is 6.10 Å². The molecule has 0 saturated heterocycles. The van der Waals surface area contributed by atoms with Crippen molar-refractivity contribution in [2.24, 2.45) is 0 Å². The van der Waals surface area contributed by atoms with Crippen LogP contribution >= 0.6 is 11.6 Å². The van der Waals surface area contributed by atoms with Crippen molar-refractivity contribution in [3.63, 3.8) is 0 Å². The van der Waals surface area contributed by atoms with Gasteiger partial charge in [0.15, 0.2) is 6.10 Å². The molecule has 1 aromatic carbocycles. The molecule has 0 aliphatic carbocycles. The average molecular weight is 243 g/mol. The largest absolute Gasteiger partial charge is 0.479 e. The van der Waals surface area contributed by atoms with Gasteiger partial charge < -0.3 is 9.47 Å². The summed E-state index contributed by atoms with van der Waals surface area (Å²) in [5.41, 5.74) is 0. The van der Waals surface area contributed by atoms with E-state index >= 15 is 0 Å². The molecule has 0 saturated carbocycles. The highest BCUT2D eigenvalue weighted by molar-refractivity contribution is 6.30. The van der Waals surface area contributed by atoms with E-state index in [0.29, 0.717) is 17.4 Å². The van der Waals surface area contributed by atoms with Crippen LogP contribution in [0.3, 0.4) is 0 Å². The van der Waals surface area contributed by atoms with Crippen LogP contribution in [0.25, 0.3) is 0 Å². The molecule has 1 atom stereocenters. The monoisotopic (exact) mass is 242 g/mol. The lowest BCUT2D eigenvalue weighted by Gasteiger charge is -2.13. The van der Waals surface area contributed by atoms with Crippen LogP contribution in [0.5, 0.6) is 5.75 Å². The van der Waals surface area contributed by atoms with Crippen LogP contribution in [0.4, 0.5) is 0 Å². The minimum absolute atomic E-state index is 0.350. The lowest BCUT2D eigenvalue weighted by molar-refractivity contribution is -0.151. The second-order valence-electron chi connectivity index (χ2n) is 3.38. The molecule has 0 unspecified atom stereocenters. The van der Waals surface area contributed by atoms with E-state index in [1.54, 1.807) is 31.2 Å². The molecule has 0 N–H and O–H groups in total. The number of hydrogen-bond donors (Lipinski definition) is 0. The molecule has 0 aromatic heterocycles. The number of hydrogen-bond acceptors (Lipinski definition) is 3. The Morgan fingerprint density at radius 1 is 1.38 bits per heavy atom. The highest BCUT2D eigenvalue weighted by Gasteiger charge is 2.15. The third-order valence-electron chi connectivity index (χ3n) is 1.91. The van der Waals surface area contributed by atoms with E-state index in [2.05, 4.69) is 0 Å². The maximum absolute atomic E-state index is 11.4. The minimum Gasteiger partial charge on any atom is -0.479 e. The number of ether oxygens (including phenoxy) is 2. The van der Waals surface area contributed by atoms with Crippen LogP contribution in [0.15, 0.2) is 24.3 Å². The maximum Gasteiger partial charge on any atom is 0.347 e. The maximum atomic E-state index is 11.4. The number of rotatable bonds is 5. The van der Waals surface area contributed by atoms with Crippen molar-refractivity contribution >= 4 is 17.6 Å². The Kier molecular flexibility index (Phi) is 5.12. The summed E-state index contributed by atoms with van der Waals surface area (Å²) in [6, 6.07) is 6.85. The van der Waals surface area contributed by atoms with Gasteiger partial charge in [0.2, 0.25) is 0 Å². The smallest absolute Gasteiger partial charge is 0.347 e. The highest BCUT2D eigenvalue weighted by atomic mass is 35.5. The van der Waals surface area contributed by atoms with Crippen molar-refractivity contribution in [1.29, 1.82) is 0 Å². The molecule has 0 heterocycles. The molecule has 0 radical (unpaired) electrons. The summed E-state index contributed by atoms with van der Waals surface area (Å²) in [7, 11) is 0. The van der Waals surface area contributed by atoms with Crippen LogP contribution in [-0.4, -0.2) is 18.7 Å². The van der Waals surface area contributed by atoms with Gasteiger partial charge in [-0.3, -0.25) is 0 Å². The van der Waals surface area contributed by atoms with Crippen molar-refractivity contribution < 1.29 is 14.3 Å². The van der Waals surface area contributed by atoms with Crippen molar-refractivity contribution in [3.05, 3.63) is 29.3 Å². The third kappa shape index (κ3) is 4.11. The molecule has 4 heteroatoms. The first-order valence-corrected chi connectivity index (χ1v) is 5.60. The van der Waals surface area contributed by atoms with E-state index in [1.807, 2.05) is 6.92 Å². The fraction of sp³-hybridized carbons (Fsp3) is 0.417. The Bertz CT molecular complexity index is 335. The molecule has 0 spiro atoms. The molecular formula is C12H15ClO3. The Balaban J connectivity index is 2.47. The summed E-state index contributed by atoms with van der Waals surface area (Å²) in [5.74, 6) is 0.252. The van der Waals surface area contributed by atoms with Crippen molar-refractivity contribution in [2.45, 2.75) is 26.4 Å². The predicted molar refractivity (Wildman–Crippen MR) is 62.8 cm³/mol. The molecule has 88 valence electrons. The van der Waals surface area contributed by atoms with Crippen LogP contribution in [0.2, 0.25) is 5.02 Å². The SMILES string of the molecule is CCCOC(=O)[C@@H](C)Oc1ccc(Cl)cc1. The summed E-state index contributed by atoms with van der Waals surface area (Å²) in [4.78, 5) is 11.4. The highest BCUT2D eigenvalue weighted by Crippen LogP contribution is 2.17. The van der Waals surface area contributed by atoms with Gasteiger partial charge in [0, 0.05) is 5.02 Å². The molecule has 0 aliphatic rings. The Morgan fingerprint density at radius 3 is 2.56 bits per heavy atom. The molecule has 0 amide bonds. The van der Waals surface area contributed by atoms with Gasteiger partial charge in [-0.1, -0.05) is 18.5 Å².